The molecule has 2 rings (SSSR count). The Morgan fingerprint density at radius 1 is 1.29 bits per heavy atom. The van der Waals surface area contributed by atoms with Crippen molar-refractivity contribution >= 4 is 11.6 Å². The van der Waals surface area contributed by atoms with E-state index >= 15 is 0 Å². The van der Waals surface area contributed by atoms with E-state index in [4.69, 9.17) is 15.9 Å². The van der Waals surface area contributed by atoms with Crippen molar-refractivity contribution in [1.82, 2.24) is 0 Å². The van der Waals surface area contributed by atoms with Crippen LogP contribution in [0.4, 0.5) is 5.69 Å². The lowest BCUT2D eigenvalue weighted by atomic mass is 10.0. The van der Waals surface area contributed by atoms with E-state index in [0.717, 1.165) is 17.5 Å². The van der Waals surface area contributed by atoms with Crippen LogP contribution in [0.25, 0.3) is 11.3 Å². The first-order valence-electron chi connectivity index (χ1n) is 5.40. The number of carbonyl (C=O) groups excluding carboxylic acids is 1. The molecule has 2 aromatic rings. The highest BCUT2D eigenvalue weighted by molar-refractivity contribution is 5.90. The van der Waals surface area contributed by atoms with Crippen molar-refractivity contribution in [1.29, 1.82) is 0 Å². The van der Waals surface area contributed by atoms with E-state index in [1.165, 1.54) is 0 Å². The number of anilines is 1. The van der Waals surface area contributed by atoms with Crippen LogP contribution in [0.15, 0.2) is 34.7 Å². The average Bonchev–Trinajstić information content (AvgIpc) is 2.78. The average molecular weight is 230 g/mol. The van der Waals surface area contributed by atoms with Gasteiger partial charge in [-0.3, -0.25) is 4.79 Å². The van der Waals surface area contributed by atoms with Gasteiger partial charge in [0, 0.05) is 11.3 Å². The molecule has 0 unspecified atom stereocenters. The molecule has 0 saturated carbocycles. The third kappa shape index (κ3) is 2.15. The largest absolute Gasteiger partial charge is 0.451 e. The second-order valence-electron chi connectivity index (χ2n) is 3.80. The predicted octanol–water partition coefficient (Wildman–Crippen LogP) is 2.19. The van der Waals surface area contributed by atoms with Crippen LogP contribution in [0.3, 0.4) is 0 Å². The highest BCUT2D eigenvalue weighted by atomic mass is 16.3. The maximum atomic E-state index is 11.0. The molecule has 0 spiro atoms. The van der Waals surface area contributed by atoms with Gasteiger partial charge in [0.15, 0.2) is 5.76 Å². The molecule has 0 aliphatic heterocycles. The van der Waals surface area contributed by atoms with E-state index < -0.39 is 5.91 Å². The van der Waals surface area contributed by atoms with E-state index in [1.807, 2.05) is 19.1 Å². The van der Waals surface area contributed by atoms with E-state index in [-0.39, 0.29) is 5.76 Å². The molecular weight excluding hydrogens is 216 g/mol. The Bertz CT molecular complexity index is 558. The molecule has 0 bridgehead atoms. The Balaban J connectivity index is 2.48. The number of amides is 1. The molecular formula is C13H14N2O2. The molecule has 0 aliphatic carbocycles. The van der Waals surface area contributed by atoms with Gasteiger partial charge in [-0.2, -0.15) is 0 Å². The number of furan rings is 1. The van der Waals surface area contributed by atoms with Crippen molar-refractivity contribution < 1.29 is 9.21 Å². The third-order valence-electron chi connectivity index (χ3n) is 2.62. The van der Waals surface area contributed by atoms with Gasteiger partial charge < -0.3 is 15.9 Å². The quantitative estimate of drug-likeness (QED) is 0.793. The maximum absolute atomic E-state index is 11.0. The first kappa shape index (κ1) is 11.3. The summed E-state index contributed by atoms with van der Waals surface area (Å²) in [4.78, 5) is 11.0. The van der Waals surface area contributed by atoms with Crippen molar-refractivity contribution in [3.8, 4) is 11.3 Å². The predicted molar refractivity (Wildman–Crippen MR) is 66.5 cm³/mol. The van der Waals surface area contributed by atoms with Crippen molar-refractivity contribution in [3.05, 3.63) is 41.7 Å². The van der Waals surface area contributed by atoms with Gasteiger partial charge in [0.25, 0.3) is 5.91 Å². The van der Waals surface area contributed by atoms with Gasteiger partial charge in [-0.05, 0) is 42.3 Å². The molecule has 1 heterocycles. The normalized spacial score (nSPS) is 10.4. The Kier molecular flexibility index (Phi) is 2.87. The summed E-state index contributed by atoms with van der Waals surface area (Å²) >= 11 is 0. The van der Waals surface area contributed by atoms with Crippen LogP contribution in [-0.4, -0.2) is 5.91 Å². The van der Waals surface area contributed by atoms with Gasteiger partial charge in [0.05, 0.1) is 0 Å². The second-order valence-corrected chi connectivity index (χ2v) is 3.80. The van der Waals surface area contributed by atoms with Gasteiger partial charge in [-0.25, -0.2) is 0 Å². The zero-order chi connectivity index (χ0) is 12.4. The smallest absolute Gasteiger partial charge is 0.284 e. The summed E-state index contributed by atoms with van der Waals surface area (Å²) in [6.45, 7) is 2.04. The van der Waals surface area contributed by atoms with E-state index in [0.29, 0.717) is 11.4 Å². The lowest BCUT2D eigenvalue weighted by Gasteiger charge is -2.06. The maximum Gasteiger partial charge on any atom is 0.284 e. The minimum absolute atomic E-state index is 0.166. The molecule has 0 saturated heterocycles. The first-order chi connectivity index (χ1) is 8.11. The fourth-order valence-corrected chi connectivity index (χ4v) is 1.76. The van der Waals surface area contributed by atoms with Crippen LogP contribution in [-0.2, 0) is 6.42 Å². The number of benzene rings is 1. The molecule has 0 radical (unpaired) electrons. The van der Waals surface area contributed by atoms with Crippen LogP contribution in [0.1, 0.15) is 23.0 Å². The fourth-order valence-electron chi connectivity index (χ4n) is 1.76. The van der Waals surface area contributed by atoms with Crippen molar-refractivity contribution in [2.45, 2.75) is 13.3 Å². The number of nitrogens with two attached hydrogens (primary N) is 2. The summed E-state index contributed by atoms with van der Waals surface area (Å²) in [5.41, 5.74) is 13.6. The highest BCUT2D eigenvalue weighted by Crippen LogP contribution is 2.27. The molecule has 0 fully saturated rings. The second kappa shape index (κ2) is 4.33. The minimum Gasteiger partial charge on any atom is -0.451 e. The van der Waals surface area contributed by atoms with Crippen molar-refractivity contribution in [3.63, 3.8) is 0 Å². The fraction of sp³-hybridized carbons (Fsp3) is 0.154. The Morgan fingerprint density at radius 3 is 2.65 bits per heavy atom. The number of hydrogen-bond donors (Lipinski definition) is 2. The summed E-state index contributed by atoms with van der Waals surface area (Å²) in [5.74, 6) is 0.235. The third-order valence-corrected chi connectivity index (χ3v) is 2.62. The van der Waals surface area contributed by atoms with Gasteiger partial charge >= 0.3 is 0 Å². The van der Waals surface area contributed by atoms with E-state index in [9.17, 15) is 4.79 Å². The molecule has 1 amide bonds. The van der Waals surface area contributed by atoms with Crippen LogP contribution < -0.4 is 11.5 Å². The number of hydrogen-bond acceptors (Lipinski definition) is 3. The molecule has 1 aromatic heterocycles. The number of primary amides is 1. The lowest BCUT2D eigenvalue weighted by molar-refractivity contribution is 0.0974. The zero-order valence-corrected chi connectivity index (χ0v) is 9.57. The zero-order valence-electron chi connectivity index (χ0n) is 9.57. The number of rotatable bonds is 3. The number of carbonyl (C=O) groups is 1. The summed E-state index contributed by atoms with van der Waals surface area (Å²) in [5, 5.41) is 0. The standard InChI is InChI=1S/C13H14N2O2/c1-2-8-7-9(14)3-4-10(8)11-5-6-12(17-11)13(15)16/h3-7H,2,14H2,1H3,(H2,15,16). The van der Waals surface area contributed by atoms with E-state index in [1.54, 1.807) is 18.2 Å². The van der Waals surface area contributed by atoms with Crippen LogP contribution in [0, 0.1) is 0 Å². The molecule has 4 heteroatoms. The van der Waals surface area contributed by atoms with Gasteiger partial charge in [0.1, 0.15) is 5.76 Å². The Morgan fingerprint density at radius 2 is 2.06 bits per heavy atom. The first-order valence-corrected chi connectivity index (χ1v) is 5.40. The highest BCUT2D eigenvalue weighted by Gasteiger charge is 2.11. The molecule has 88 valence electrons. The minimum atomic E-state index is -0.565. The van der Waals surface area contributed by atoms with Crippen LogP contribution in [0.5, 0.6) is 0 Å². The molecule has 4 nitrogen and oxygen atoms in total. The topological polar surface area (TPSA) is 82.2 Å². The molecule has 0 aliphatic rings. The summed E-state index contributed by atoms with van der Waals surface area (Å²) in [7, 11) is 0. The molecule has 0 atom stereocenters. The number of aryl methyl sites for hydroxylation is 1. The molecule has 4 N–H and O–H groups in total. The Labute approximate surface area is 99.2 Å². The lowest BCUT2D eigenvalue weighted by Crippen LogP contribution is -2.09. The summed E-state index contributed by atoms with van der Waals surface area (Å²) in [6.07, 6.45) is 0.840. The summed E-state index contributed by atoms with van der Waals surface area (Å²) in [6, 6.07) is 8.92. The van der Waals surface area contributed by atoms with Crippen LogP contribution >= 0.6 is 0 Å². The van der Waals surface area contributed by atoms with Crippen molar-refractivity contribution in [2.24, 2.45) is 5.73 Å². The number of nitrogen functional groups attached to an aromatic ring is 1. The molecule has 17 heavy (non-hydrogen) atoms. The van der Waals surface area contributed by atoms with Crippen molar-refractivity contribution in [2.75, 3.05) is 5.73 Å². The SMILES string of the molecule is CCc1cc(N)ccc1-c1ccc(C(N)=O)o1. The summed E-state index contributed by atoms with van der Waals surface area (Å²) < 4.78 is 5.40. The van der Waals surface area contributed by atoms with Gasteiger partial charge in [0.2, 0.25) is 0 Å². The van der Waals surface area contributed by atoms with E-state index in [2.05, 4.69) is 0 Å². The molecule has 1 aromatic carbocycles. The monoisotopic (exact) mass is 230 g/mol. The van der Waals surface area contributed by atoms with Gasteiger partial charge in [-0.1, -0.05) is 6.92 Å². The Hall–Kier alpha value is -2.23. The van der Waals surface area contributed by atoms with Crippen LogP contribution in [0.2, 0.25) is 0 Å². The van der Waals surface area contributed by atoms with Gasteiger partial charge in [-0.15, -0.1) is 0 Å².